The SMILES string of the molecule is NNc1ccc(-c2ccc(Br)s2)nn1. The molecule has 4 nitrogen and oxygen atoms in total. The van der Waals surface area contributed by atoms with Crippen LogP contribution in [0.3, 0.4) is 0 Å². The molecule has 0 fully saturated rings. The number of rotatable bonds is 2. The lowest BCUT2D eigenvalue weighted by Gasteiger charge is -1.98. The molecule has 0 radical (unpaired) electrons. The van der Waals surface area contributed by atoms with E-state index in [0.717, 1.165) is 14.4 Å². The average molecular weight is 271 g/mol. The number of nitrogens with zero attached hydrogens (tertiary/aromatic N) is 2. The molecule has 72 valence electrons. The Morgan fingerprint density at radius 3 is 2.57 bits per heavy atom. The summed E-state index contributed by atoms with van der Waals surface area (Å²) in [5.41, 5.74) is 3.28. The Balaban J connectivity index is 2.33. The van der Waals surface area contributed by atoms with Crippen molar-refractivity contribution in [3.8, 4) is 10.6 Å². The number of halogens is 1. The van der Waals surface area contributed by atoms with E-state index in [9.17, 15) is 0 Å². The molecule has 0 amide bonds. The number of hydrazine groups is 1. The highest BCUT2D eigenvalue weighted by Crippen LogP contribution is 2.29. The van der Waals surface area contributed by atoms with Crippen molar-refractivity contribution in [1.29, 1.82) is 0 Å². The Kier molecular flexibility index (Phi) is 2.76. The van der Waals surface area contributed by atoms with Crippen LogP contribution in [0.15, 0.2) is 28.1 Å². The lowest BCUT2D eigenvalue weighted by molar-refractivity contribution is 1.03. The topological polar surface area (TPSA) is 63.8 Å². The summed E-state index contributed by atoms with van der Waals surface area (Å²) in [6.07, 6.45) is 0. The van der Waals surface area contributed by atoms with Crippen molar-refractivity contribution in [2.24, 2.45) is 5.84 Å². The van der Waals surface area contributed by atoms with Crippen LogP contribution < -0.4 is 11.3 Å². The summed E-state index contributed by atoms with van der Waals surface area (Å²) in [6, 6.07) is 7.64. The first-order valence-corrected chi connectivity index (χ1v) is 5.46. The van der Waals surface area contributed by atoms with Gasteiger partial charge in [0.2, 0.25) is 0 Å². The zero-order valence-electron chi connectivity index (χ0n) is 7.07. The van der Waals surface area contributed by atoms with Gasteiger partial charge in [-0.05, 0) is 40.2 Å². The Morgan fingerprint density at radius 1 is 1.21 bits per heavy atom. The third kappa shape index (κ3) is 1.92. The van der Waals surface area contributed by atoms with E-state index in [-0.39, 0.29) is 0 Å². The molecule has 0 saturated carbocycles. The highest BCUT2D eigenvalue weighted by molar-refractivity contribution is 9.11. The minimum Gasteiger partial charge on any atom is -0.307 e. The second-order valence-electron chi connectivity index (χ2n) is 2.55. The van der Waals surface area contributed by atoms with Crippen molar-refractivity contribution in [3.63, 3.8) is 0 Å². The molecule has 2 rings (SSSR count). The van der Waals surface area contributed by atoms with E-state index in [4.69, 9.17) is 5.84 Å². The summed E-state index contributed by atoms with van der Waals surface area (Å²) in [5.74, 6) is 5.74. The third-order valence-corrected chi connectivity index (χ3v) is 3.28. The standard InChI is InChI=1S/C8H7BrN4S/c9-7-3-2-6(14-7)5-1-4-8(11-10)13-12-5/h1-4H,10H2,(H,11,13). The predicted octanol–water partition coefficient (Wildman–Crippen LogP) is 2.25. The van der Waals surface area contributed by atoms with Crippen molar-refractivity contribution in [2.45, 2.75) is 0 Å². The van der Waals surface area contributed by atoms with Gasteiger partial charge in [-0.25, -0.2) is 5.84 Å². The quantitative estimate of drug-likeness (QED) is 0.649. The number of anilines is 1. The van der Waals surface area contributed by atoms with E-state index >= 15 is 0 Å². The molecule has 0 spiro atoms. The fourth-order valence-electron chi connectivity index (χ4n) is 0.993. The van der Waals surface area contributed by atoms with Gasteiger partial charge >= 0.3 is 0 Å². The van der Waals surface area contributed by atoms with Gasteiger partial charge in [0.05, 0.1) is 8.66 Å². The maximum Gasteiger partial charge on any atom is 0.162 e. The van der Waals surface area contributed by atoms with Crippen LogP contribution in [0.2, 0.25) is 0 Å². The van der Waals surface area contributed by atoms with Gasteiger partial charge < -0.3 is 5.43 Å². The van der Waals surface area contributed by atoms with Crippen molar-refractivity contribution in [3.05, 3.63) is 28.1 Å². The van der Waals surface area contributed by atoms with Crippen molar-refractivity contribution in [1.82, 2.24) is 10.2 Å². The molecule has 2 aromatic heterocycles. The number of thiophene rings is 1. The lowest BCUT2D eigenvalue weighted by Crippen LogP contribution is -2.08. The van der Waals surface area contributed by atoms with Gasteiger partial charge in [-0.2, -0.15) is 0 Å². The zero-order valence-corrected chi connectivity index (χ0v) is 9.47. The number of nitrogens with two attached hydrogens (primary N) is 1. The fourth-order valence-corrected chi connectivity index (χ4v) is 2.34. The first-order chi connectivity index (χ1) is 6.79. The van der Waals surface area contributed by atoms with Crippen molar-refractivity contribution < 1.29 is 0 Å². The van der Waals surface area contributed by atoms with E-state index in [0.29, 0.717) is 5.82 Å². The van der Waals surface area contributed by atoms with E-state index in [2.05, 4.69) is 31.6 Å². The number of hydrogen-bond acceptors (Lipinski definition) is 5. The number of hydrogen-bond donors (Lipinski definition) is 2. The number of aromatic nitrogens is 2. The van der Waals surface area contributed by atoms with Gasteiger partial charge in [0.15, 0.2) is 5.82 Å². The Bertz CT molecular complexity index is 425. The van der Waals surface area contributed by atoms with E-state index in [1.165, 1.54) is 0 Å². The number of nitrogens with one attached hydrogen (secondary N) is 1. The summed E-state index contributed by atoms with van der Waals surface area (Å²) in [4.78, 5) is 1.08. The molecule has 0 aromatic carbocycles. The molecule has 0 saturated heterocycles. The second kappa shape index (κ2) is 4.04. The average Bonchev–Trinajstić information content (AvgIpc) is 2.65. The van der Waals surface area contributed by atoms with Crippen LogP contribution in [-0.2, 0) is 0 Å². The molecule has 0 bridgehead atoms. The summed E-state index contributed by atoms with van der Waals surface area (Å²) in [5, 5.41) is 7.92. The van der Waals surface area contributed by atoms with Gasteiger partial charge in [-0.1, -0.05) is 0 Å². The van der Waals surface area contributed by atoms with Crippen LogP contribution in [0.1, 0.15) is 0 Å². The first kappa shape index (κ1) is 9.57. The van der Waals surface area contributed by atoms with Gasteiger partial charge in [-0.15, -0.1) is 21.5 Å². The van der Waals surface area contributed by atoms with Crippen LogP contribution in [-0.4, -0.2) is 10.2 Å². The molecule has 0 aliphatic carbocycles. The van der Waals surface area contributed by atoms with Crippen molar-refractivity contribution >= 4 is 33.1 Å². The molecule has 2 heterocycles. The lowest BCUT2D eigenvalue weighted by atomic mass is 10.3. The van der Waals surface area contributed by atoms with Crippen LogP contribution in [0.25, 0.3) is 10.6 Å². The summed E-state index contributed by atoms with van der Waals surface area (Å²) in [6.45, 7) is 0. The highest BCUT2D eigenvalue weighted by atomic mass is 79.9. The predicted molar refractivity (Wildman–Crippen MR) is 60.9 cm³/mol. The van der Waals surface area contributed by atoms with Gasteiger partial charge in [0, 0.05) is 0 Å². The smallest absolute Gasteiger partial charge is 0.162 e. The maximum atomic E-state index is 5.19. The van der Waals surface area contributed by atoms with E-state index in [1.54, 1.807) is 17.4 Å². The van der Waals surface area contributed by atoms with E-state index < -0.39 is 0 Å². The van der Waals surface area contributed by atoms with Gasteiger partial charge in [-0.3, -0.25) is 0 Å². The molecule has 0 aliphatic heterocycles. The molecule has 0 aliphatic rings. The first-order valence-electron chi connectivity index (χ1n) is 3.85. The minimum absolute atomic E-state index is 0.560. The molecule has 3 N–H and O–H groups in total. The fraction of sp³-hybridized carbons (Fsp3) is 0. The molecular weight excluding hydrogens is 264 g/mol. The minimum atomic E-state index is 0.560. The zero-order chi connectivity index (χ0) is 9.97. The molecular formula is C8H7BrN4S. The largest absolute Gasteiger partial charge is 0.307 e. The molecule has 2 aromatic rings. The van der Waals surface area contributed by atoms with Gasteiger partial charge in [0.25, 0.3) is 0 Å². The normalized spacial score (nSPS) is 10.1. The monoisotopic (exact) mass is 270 g/mol. The van der Waals surface area contributed by atoms with E-state index in [1.807, 2.05) is 18.2 Å². The Hall–Kier alpha value is -0.980. The molecule has 6 heteroatoms. The Labute approximate surface area is 93.3 Å². The summed E-state index contributed by atoms with van der Waals surface area (Å²) < 4.78 is 1.08. The van der Waals surface area contributed by atoms with Crippen LogP contribution in [0.4, 0.5) is 5.82 Å². The highest BCUT2D eigenvalue weighted by Gasteiger charge is 2.03. The summed E-state index contributed by atoms with van der Waals surface area (Å²) in [7, 11) is 0. The summed E-state index contributed by atoms with van der Waals surface area (Å²) >= 11 is 5.01. The molecule has 0 atom stereocenters. The van der Waals surface area contributed by atoms with Crippen LogP contribution in [0.5, 0.6) is 0 Å². The van der Waals surface area contributed by atoms with Crippen molar-refractivity contribution in [2.75, 3.05) is 5.43 Å². The maximum absolute atomic E-state index is 5.19. The van der Waals surface area contributed by atoms with Crippen LogP contribution >= 0.6 is 27.3 Å². The molecule has 0 unspecified atom stereocenters. The second-order valence-corrected chi connectivity index (χ2v) is 5.01. The number of nitrogen functional groups attached to an aromatic ring is 1. The Morgan fingerprint density at radius 2 is 2.07 bits per heavy atom. The molecule has 14 heavy (non-hydrogen) atoms. The third-order valence-electron chi connectivity index (χ3n) is 1.64. The van der Waals surface area contributed by atoms with Crippen LogP contribution in [0, 0.1) is 0 Å². The van der Waals surface area contributed by atoms with Gasteiger partial charge in [0.1, 0.15) is 5.69 Å².